The van der Waals surface area contributed by atoms with E-state index in [0.29, 0.717) is 11.3 Å². The van der Waals surface area contributed by atoms with E-state index in [1.807, 2.05) is 6.92 Å². The van der Waals surface area contributed by atoms with Crippen LogP contribution in [0, 0.1) is 29.1 Å². The van der Waals surface area contributed by atoms with E-state index in [-0.39, 0.29) is 18.0 Å². The summed E-state index contributed by atoms with van der Waals surface area (Å²) < 4.78 is 7.92. The Hall–Kier alpha value is -0.0600. The van der Waals surface area contributed by atoms with Crippen LogP contribution in [0.25, 0.3) is 0 Å². The van der Waals surface area contributed by atoms with Crippen LogP contribution in [-0.2, 0) is 9.53 Å². The number of hydrogen-bond donors (Lipinski definition) is 0. The van der Waals surface area contributed by atoms with Gasteiger partial charge in [0.25, 0.3) is 0 Å². The number of rotatable bonds is 3. The average molecular weight is 416 g/mol. The second-order valence-electron chi connectivity index (χ2n) is 8.19. The number of carbonyl (C=O) groups excluding carboxylic acids is 1. The minimum Gasteiger partial charge on any atom is -0.462 e. The van der Waals surface area contributed by atoms with E-state index >= 15 is 0 Å². The molecule has 0 spiro atoms. The molecule has 6 atom stereocenters. The number of esters is 1. The van der Waals surface area contributed by atoms with Gasteiger partial charge in [-0.3, -0.25) is 4.79 Å². The topological polar surface area (TPSA) is 26.3 Å². The number of allylic oxidation sites excluding steroid dienone is 1. The van der Waals surface area contributed by atoms with Crippen molar-refractivity contribution in [3.05, 3.63) is 9.66 Å². The van der Waals surface area contributed by atoms with Crippen LogP contribution in [0.1, 0.15) is 65.7 Å². The molecule has 0 aromatic carbocycles. The summed E-state index contributed by atoms with van der Waals surface area (Å²) >= 11 is 2.44. The van der Waals surface area contributed by atoms with Crippen molar-refractivity contribution < 1.29 is 9.53 Å². The monoisotopic (exact) mass is 416 g/mol. The van der Waals surface area contributed by atoms with Crippen molar-refractivity contribution in [2.24, 2.45) is 29.1 Å². The van der Waals surface area contributed by atoms with Crippen LogP contribution < -0.4 is 0 Å². The first-order chi connectivity index (χ1) is 10.5. The molecule has 1 heterocycles. The highest BCUT2D eigenvalue weighted by molar-refractivity contribution is 14.1. The van der Waals surface area contributed by atoms with Crippen molar-refractivity contribution in [3.8, 4) is 0 Å². The fourth-order valence-electron chi connectivity index (χ4n) is 5.69. The maximum Gasteiger partial charge on any atom is 0.309 e. The van der Waals surface area contributed by atoms with Crippen LogP contribution in [0.15, 0.2) is 9.66 Å². The summed E-state index contributed by atoms with van der Waals surface area (Å²) in [7, 11) is 0. The smallest absolute Gasteiger partial charge is 0.309 e. The zero-order chi connectivity index (χ0) is 15.9. The molecule has 2 aliphatic carbocycles. The number of hydrogen-bond acceptors (Lipinski definition) is 2. The van der Waals surface area contributed by atoms with Crippen molar-refractivity contribution in [1.82, 2.24) is 0 Å². The van der Waals surface area contributed by atoms with E-state index in [0.717, 1.165) is 24.7 Å². The van der Waals surface area contributed by atoms with Gasteiger partial charge in [0.05, 0.1) is 5.92 Å². The lowest BCUT2D eigenvalue weighted by atomic mass is 9.61. The summed E-state index contributed by atoms with van der Waals surface area (Å²) in [4.78, 5) is 11.6. The summed E-state index contributed by atoms with van der Waals surface area (Å²) in [6.45, 7) is 6.93. The number of halogens is 1. The third kappa shape index (κ3) is 2.87. The van der Waals surface area contributed by atoms with Crippen molar-refractivity contribution in [2.45, 2.75) is 71.8 Å². The molecule has 0 aromatic heterocycles. The van der Waals surface area contributed by atoms with Gasteiger partial charge in [-0.1, -0.05) is 48.9 Å². The van der Waals surface area contributed by atoms with Gasteiger partial charge in [-0.2, -0.15) is 0 Å². The van der Waals surface area contributed by atoms with Gasteiger partial charge in [-0.15, -0.1) is 0 Å². The molecule has 2 nitrogen and oxygen atoms in total. The Labute approximate surface area is 148 Å². The van der Waals surface area contributed by atoms with Crippen LogP contribution in [0.3, 0.4) is 0 Å². The molecule has 1 unspecified atom stereocenters. The summed E-state index contributed by atoms with van der Waals surface area (Å²) in [6, 6.07) is 0. The molecule has 1 saturated heterocycles. The predicted octanol–water partition coefficient (Wildman–Crippen LogP) is 5.50. The summed E-state index contributed by atoms with van der Waals surface area (Å²) in [5.41, 5.74) is 2.17. The van der Waals surface area contributed by atoms with Gasteiger partial charge in [0.2, 0.25) is 0 Å². The van der Waals surface area contributed by atoms with Crippen LogP contribution in [0.5, 0.6) is 0 Å². The molecule has 0 bridgehead atoms. The van der Waals surface area contributed by atoms with Crippen LogP contribution in [-0.4, -0.2) is 12.1 Å². The number of cyclic esters (lactones) is 1. The summed E-state index contributed by atoms with van der Waals surface area (Å²) in [5.74, 6) is 2.37. The average Bonchev–Trinajstić information content (AvgIpc) is 2.98. The fourth-order valence-corrected chi connectivity index (χ4v) is 6.43. The SMILES string of the molecule is C[C@H](C[C@H]1C[C@H](C)C(=O)O1)[C@H]1CCC2/C(=C/I)CCC[C@@]21C. The third-order valence-electron chi connectivity index (χ3n) is 6.80. The van der Waals surface area contributed by atoms with Gasteiger partial charge in [-0.25, -0.2) is 0 Å². The molecule has 3 aliphatic rings. The minimum absolute atomic E-state index is 0.0144. The Morgan fingerprint density at radius 2 is 2.23 bits per heavy atom. The zero-order valence-electron chi connectivity index (χ0n) is 14.1. The highest BCUT2D eigenvalue weighted by Gasteiger charge is 2.51. The Balaban J connectivity index is 1.68. The second-order valence-corrected chi connectivity index (χ2v) is 8.81. The first kappa shape index (κ1) is 16.8. The minimum atomic E-state index is 0.0144. The lowest BCUT2D eigenvalue weighted by molar-refractivity contribution is -0.144. The van der Waals surface area contributed by atoms with E-state index in [1.54, 1.807) is 5.57 Å². The van der Waals surface area contributed by atoms with Crippen LogP contribution >= 0.6 is 22.6 Å². The van der Waals surface area contributed by atoms with Gasteiger partial charge in [-0.05, 0) is 72.2 Å². The van der Waals surface area contributed by atoms with Gasteiger partial charge in [0.15, 0.2) is 0 Å². The standard InChI is InChI=1S/C19H29IO2/c1-12(9-15-10-13(2)18(21)22-15)16-6-7-17-14(11-20)5-4-8-19(16,17)3/h11-13,15-17H,4-10H2,1-3H3/b14-11+/t12-,13+,15+,16-,17?,19-/m1/s1. The molecular formula is C19H29IO2. The van der Waals surface area contributed by atoms with Crippen molar-refractivity contribution in [2.75, 3.05) is 0 Å². The van der Waals surface area contributed by atoms with Crippen molar-refractivity contribution in [1.29, 1.82) is 0 Å². The Bertz CT molecular complexity index is 472. The molecule has 2 saturated carbocycles. The van der Waals surface area contributed by atoms with E-state index in [9.17, 15) is 4.79 Å². The largest absolute Gasteiger partial charge is 0.462 e. The van der Waals surface area contributed by atoms with Crippen molar-refractivity contribution >= 4 is 28.6 Å². The molecule has 22 heavy (non-hydrogen) atoms. The molecule has 0 amide bonds. The molecule has 0 radical (unpaired) electrons. The first-order valence-electron chi connectivity index (χ1n) is 8.95. The Kier molecular flexibility index (Phi) is 4.92. The second kappa shape index (κ2) is 6.45. The number of carbonyl (C=O) groups is 1. The Morgan fingerprint density at radius 1 is 1.45 bits per heavy atom. The maximum atomic E-state index is 11.6. The van der Waals surface area contributed by atoms with E-state index in [1.165, 1.54) is 32.1 Å². The molecule has 3 fully saturated rings. The molecule has 0 N–H and O–H groups in total. The van der Waals surface area contributed by atoms with Crippen molar-refractivity contribution in [3.63, 3.8) is 0 Å². The molecule has 0 aromatic rings. The van der Waals surface area contributed by atoms with Crippen LogP contribution in [0.4, 0.5) is 0 Å². The van der Waals surface area contributed by atoms with Gasteiger partial charge in [0, 0.05) is 0 Å². The molecule has 124 valence electrons. The quantitative estimate of drug-likeness (QED) is 0.449. The van der Waals surface area contributed by atoms with E-state index in [2.05, 4.69) is 40.5 Å². The van der Waals surface area contributed by atoms with Gasteiger partial charge >= 0.3 is 5.97 Å². The number of fused-ring (bicyclic) bond motifs is 1. The third-order valence-corrected chi connectivity index (χ3v) is 7.60. The Morgan fingerprint density at radius 3 is 2.86 bits per heavy atom. The normalized spacial score (nSPS) is 44.9. The molecule has 1 aliphatic heterocycles. The predicted molar refractivity (Wildman–Crippen MR) is 97.7 cm³/mol. The van der Waals surface area contributed by atoms with E-state index in [4.69, 9.17) is 4.74 Å². The molecule has 3 heteroatoms. The van der Waals surface area contributed by atoms with E-state index < -0.39 is 0 Å². The highest BCUT2D eigenvalue weighted by Crippen LogP contribution is 2.60. The first-order valence-corrected chi connectivity index (χ1v) is 10.2. The number of ether oxygens (including phenoxy) is 1. The summed E-state index contributed by atoms with van der Waals surface area (Å²) in [6.07, 6.45) is 8.90. The van der Waals surface area contributed by atoms with Gasteiger partial charge in [0.1, 0.15) is 6.10 Å². The molecular weight excluding hydrogens is 387 g/mol. The molecule has 3 rings (SSSR count). The lowest BCUT2D eigenvalue weighted by Crippen LogP contribution is -2.36. The van der Waals surface area contributed by atoms with Gasteiger partial charge < -0.3 is 4.74 Å². The zero-order valence-corrected chi connectivity index (χ0v) is 16.3. The summed E-state index contributed by atoms with van der Waals surface area (Å²) in [5, 5.41) is 0. The lowest BCUT2D eigenvalue weighted by Gasteiger charge is -2.44. The fraction of sp³-hybridized carbons (Fsp3) is 0.842. The maximum absolute atomic E-state index is 11.6. The van der Waals surface area contributed by atoms with Crippen LogP contribution in [0.2, 0.25) is 0 Å². The highest BCUT2D eigenvalue weighted by atomic mass is 127.